The van der Waals surface area contributed by atoms with Crippen molar-refractivity contribution in [3.63, 3.8) is 0 Å². The van der Waals surface area contributed by atoms with E-state index >= 15 is 0 Å². The van der Waals surface area contributed by atoms with Crippen molar-refractivity contribution in [2.24, 2.45) is 0 Å². The summed E-state index contributed by atoms with van der Waals surface area (Å²) in [6, 6.07) is 5.00. The molecular weight excluding hydrogens is 278 g/mol. The van der Waals surface area contributed by atoms with Crippen LogP contribution in [0.5, 0.6) is 5.75 Å². The molecule has 0 unspecified atom stereocenters. The first-order chi connectivity index (χ1) is 9.69. The van der Waals surface area contributed by atoms with Gasteiger partial charge in [-0.25, -0.2) is 0 Å². The Bertz CT molecular complexity index is 484. The molecule has 1 aliphatic carbocycles. The van der Waals surface area contributed by atoms with Gasteiger partial charge in [-0.15, -0.1) is 0 Å². The van der Waals surface area contributed by atoms with Gasteiger partial charge in [-0.3, -0.25) is 9.59 Å². The van der Waals surface area contributed by atoms with Crippen LogP contribution in [-0.2, 0) is 4.79 Å². The highest BCUT2D eigenvalue weighted by Gasteiger charge is 2.16. The fourth-order valence-electron chi connectivity index (χ4n) is 2.40. The van der Waals surface area contributed by atoms with Gasteiger partial charge in [0, 0.05) is 11.1 Å². The molecule has 2 rings (SSSR count). The SMILES string of the molecule is O=Cc1cc(Cl)ccc1OCC(=O)NC1CCCCC1. The Morgan fingerprint density at radius 2 is 2.10 bits per heavy atom. The summed E-state index contributed by atoms with van der Waals surface area (Å²) in [5.41, 5.74) is 0.350. The summed E-state index contributed by atoms with van der Waals surface area (Å²) < 4.78 is 5.38. The predicted octanol–water partition coefficient (Wildman–Crippen LogP) is 2.98. The van der Waals surface area contributed by atoms with Crippen molar-refractivity contribution in [1.29, 1.82) is 0 Å². The van der Waals surface area contributed by atoms with Crippen molar-refractivity contribution in [2.45, 2.75) is 38.1 Å². The van der Waals surface area contributed by atoms with E-state index in [4.69, 9.17) is 16.3 Å². The van der Waals surface area contributed by atoms with Gasteiger partial charge >= 0.3 is 0 Å². The highest BCUT2D eigenvalue weighted by molar-refractivity contribution is 6.30. The molecule has 1 amide bonds. The van der Waals surface area contributed by atoms with Gasteiger partial charge in [0.05, 0.1) is 5.56 Å². The minimum Gasteiger partial charge on any atom is -0.483 e. The molecule has 1 aromatic rings. The Kier molecular flexibility index (Phi) is 5.41. The number of hydrogen-bond acceptors (Lipinski definition) is 3. The van der Waals surface area contributed by atoms with Crippen molar-refractivity contribution in [3.8, 4) is 5.75 Å². The molecule has 0 aliphatic heterocycles. The van der Waals surface area contributed by atoms with Gasteiger partial charge in [-0.2, -0.15) is 0 Å². The lowest BCUT2D eigenvalue weighted by molar-refractivity contribution is -0.124. The first-order valence-electron chi connectivity index (χ1n) is 6.86. The van der Waals surface area contributed by atoms with Crippen LogP contribution < -0.4 is 10.1 Å². The van der Waals surface area contributed by atoms with Crippen LogP contribution in [0.3, 0.4) is 0 Å². The Morgan fingerprint density at radius 3 is 2.80 bits per heavy atom. The molecule has 1 aliphatic rings. The van der Waals surface area contributed by atoms with Crippen molar-refractivity contribution < 1.29 is 14.3 Å². The Morgan fingerprint density at radius 1 is 1.35 bits per heavy atom. The number of rotatable bonds is 5. The van der Waals surface area contributed by atoms with Crippen LogP contribution in [0.15, 0.2) is 18.2 Å². The van der Waals surface area contributed by atoms with E-state index < -0.39 is 0 Å². The second-order valence-electron chi connectivity index (χ2n) is 4.99. The molecule has 4 nitrogen and oxygen atoms in total. The molecule has 0 bridgehead atoms. The first-order valence-corrected chi connectivity index (χ1v) is 7.24. The summed E-state index contributed by atoms with van der Waals surface area (Å²) in [7, 11) is 0. The van der Waals surface area contributed by atoms with Crippen molar-refractivity contribution in [3.05, 3.63) is 28.8 Å². The van der Waals surface area contributed by atoms with Gasteiger partial charge < -0.3 is 10.1 Å². The largest absolute Gasteiger partial charge is 0.483 e. The normalized spacial score (nSPS) is 15.7. The van der Waals surface area contributed by atoms with Crippen LogP contribution in [0.2, 0.25) is 5.02 Å². The number of carbonyl (C=O) groups excluding carboxylic acids is 2. The second kappa shape index (κ2) is 7.29. The molecule has 20 heavy (non-hydrogen) atoms. The molecule has 0 radical (unpaired) electrons. The van der Waals surface area contributed by atoms with Crippen molar-refractivity contribution >= 4 is 23.8 Å². The van der Waals surface area contributed by atoms with Crippen LogP contribution >= 0.6 is 11.6 Å². The Labute approximate surface area is 123 Å². The molecule has 0 atom stereocenters. The second-order valence-corrected chi connectivity index (χ2v) is 5.43. The zero-order chi connectivity index (χ0) is 14.4. The van der Waals surface area contributed by atoms with Gasteiger partial charge in [-0.05, 0) is 31.0 Å². The zero-order valence-corrected chi connectivity index (χ0v) is 12.0. The molecule has 0 heterocycles. The molecule has 1 N–H and O–H groups in total. The van der Waals surface area contributed by atoms with E-state index in [1.807, 2.05) is 0 Å². The molecule has 0 spiro atoms. The van der Waals surface area contributed by atoms with E-state index in [9.17, 15) is 9.59 Å². The fourth-order valence-corrected chi connectivity index (χ4v) is 2.58. The third kappa shape index (κ3) is 4.23. The maximum atomic E-state index is 11.8. The maximum Gasteiger partial charge on any atom is 0.258 e. The van der Waals surface area contributed by atoms with Crippen molar-refractivity contribution in [1.82, 2.24) is 5.32 Å². The lowest BCUT2D eigenvalue weighted by Crippen LogP contribution is -2.39. The molecule has 108 valence electrons. The van der Waals surface area contributed by atoms with E-state index in [1.165, 1.54) is 12.5 Å². The molecular formula is C15H18ClNO3. The van der Waals surface area contributed by atoms with E-state index in [0.717, 1.165) is 25.7 Å². The lowest BCUT2D eigenvalue weighted by atomic mass is 9.95. The van der Waals surface area contributed by atoms with Crippen molar-refractivity contribution in [2.75, 3.05) is 6.61 Å². The summed E-state index contributed by atoms with van der Waals surface area (Å²) in [6.45, 7) is -0.0844. The lowest BCUT2D eigenvalue weighted by Gasteiger charge is -2.22. The minimum absolute atomic E-state index is 0.0844. The highest BCUT2D eigenvalue weighted by Crippen LogP contribution is 2.21. The maximum absolute atomic E-state index is 11.8. The fraction of sp³-hybridized carbons (Fsp3) is 0.467. The van der Waals surface area contributed by atoms with Gasteiger partial charge in [0.25, 0.3) is 5.91 Å². The average Bonchev–Trinajstić information content (AvgIpc) is 2.47. The number of ether oxygens (including phenoxy) is 1. The summed E-state index contributed by atoms with van der Waals surface area (Å²) in [5.74, 6) is 0.229. The highest BCUT2D eigenvalue weighted by atomic mass is 35.5. The quantitative estimate of drug-likeness (QED) is 0.850. The van der Waals surface area contributed by atoms with E-state index in [-0.39, 0.29) is 18.6 Å². The standard InChI is InChI=1S/C15H18ClNO3/c16-12-6-7-14(11(8-12)9-18)20-10-15(19)17-13-4-2-1-3-5-13/h6-9,13H,1-5,10H2,(H,17,19). The topological polar surface area (TPSA) is 55.4 Å². The minimum atomic E-state index is -0.149. The molecule has 1 saturated carbocycles. The number of halogens is 1. The molecule has 0 saturated heterocycles. The monoisotopic (exact) mass is 295 g/mol. The molecule has 1 fully saturated rings. The van der Waals surface area contributed by atoms with Gasteiger partial charge in [0.15, 0.2) is 12.9 Å². The molecule has 1 aromatic carbocycles. The van der Waals surface area contributed by atoms with Gasteiger partial charge in [-0.1, -0.05) is 30.9 Å². The zero-order valence-electron chi connectivity index (χ0n) is 11.2. The Balaban J connectivity index is 1.85. The third-order valence-corrected chi connectivity index (χ3v) is 3.66. The number of hydrogen-bond donors (Lipinski definition) is 1. The van der Waals surface area contributed by atoms with Crippen LogP contribution in [0, 0.1) is 0 Å². The number of carbonyl (C=O) groups is 2. The number of nitrogens with one attached hydrogen (secondary N) is 1. The average molecular weight is 296 g/mol. The van der Waals surface area contributed by atoms with Crippen LogP contribution in [0.25, 0.3) is 0 Å². The summed E-state index contributed by atoms with van der Waals surface area (Å²) in [4.78, 5) is 22.7. The van der Waals surface area contributed by atoms with Gasteiger partial charge in [0.2, 0.25) is 0 Å². The van der Waals surface area contributed by atoms with Crippen LogP contribution in [0.4, 0.5) is 0 Å². The van der Waals surface area contributed by atoms with Crippen LogP contribution in [-0.4, -0.2) is 24.8 Å². The number of benzene rings is 1. The first kappa shape index (κ1) is 14.9. The van der Waals surface area contributed by atoms with E-state index in [0.29, 0.717) is 22.6 Å². The Hall–Kier alpha value is -1.55. The number of aldehydes is 1. The summed E-state index contributed by atoms with van der Waals surface area (Å²) >= 11 is 5.79. The van der Waals surface area contributed by atoms with Crippen LogP contribution in [0.1, 0.15) is 42.5 Å². The third-order valence-electron chi connectivity index (χ3n) is 3.43. The smallest absolute Gasteiger partial charge is 0.258 e. The molecule has 5 heteroatoms. The van der Waals surface area contributed by atoms with Gasteiger partial charge in [0.1, 0.15) is 5.75 Å². The van der Waals surface area contributed by atoms with E-state index in [2.05, 4.69) is 5.32 Å². The summed E-state index contributed by atoms with van der Waals surface area (Å²) in [5, 5.41) is 3.42. The number of amides is 1. The predicted molar refractivity (Wildman–Crippen MR) is 77.4 cm³/mol. The summed E-state index contributed by atoms with van der Waals surface area (Å²) in [6.07, 6.45) is 6.31. The molecule has 0 aromatic heterocycles. The van der Waals surface area contributed by atoms with E-state index in [1.54, 1.807) is 12.1 Å².